The Balaban J connectivity index is 1.95. The van der Waals surface area contributed by atoms with E-state index in [9.17, 15) is 14.7 Å². The van der Waals surface area contributed by atoms with E-state index in [-0.39, 0.29) is 16.7 Å². The number of carbonyl (C=O) groups excluding carboxylic acids is 1. The molecule has 150 valence electrons. The highest BCUT2D eigenvalue weighted by atomic mass is 16.5. The molecule has 0 unspecified atom stereocenters. The Morgan fingerprint density at radius 1 is 1.00 bits per heavy atom. The molecule has 0 radical (unpaired) electrons. The predicted octanol–water partition coefficient (Wildman–Crippen LogP) is 3.98. The maximum Gasteiger partial charge on any atom is 0.263 e. The highest BCUT2D eigenvalue weighted by Gasteiger charge is 2.20. The number of ether oxygens (including phenoxy) is 1. The Morgan fingerprint density at radius 3 is 2.37 bits per heavy atom. The number of pyridine rings is 1. The van der Waals surface area contributed by atoms with E-state index < -0.39 is 5.91 Å². The molecule has 30 heavy (non-hydrogen) atoms. The normalized spacial score (nSPS) is 10.7. The van der Waals surface area contributed by atoms with E-state index in [1.165, 1.54) is 11.1 Å². The van der Waals surface area contributed by atoms with Gasteiger partial charge in [-0.05, 0) is 48.5 Å². The van der Waals surface area contributed by atoms with Gasteiger partial charge in [-0.2, -0.15) is 0 Å². The van der Waals surface area contributed by atoms with Crippen molar-refractivity contribution in [3.63, 3.8) is 0 Å². The van der Waals surface area contributed by atoms with E-state index >= 15 is 0 Å². The van der Waals surface area contributed by atoms with Crippen LogP contribution in [0.3, 0.4) is 0 Å². The van der Waals surface area contributed by atoms with E-state index in [1.54, 1.807) is 61.2 Å². The maximum absolute atomic E-state index is 13.2. The van der Waals surface area contributed by atoms with Gasteiger partial charge in [-0.3, -0.25) is 9.59 Å². The molecule has 1 amide bonds. The Kier molecular flexibility index (Phi) is 4.98. The minimum atomic E-state index is -0.406. The number of amides is 1. The molecule has 1 heterocycles. The van der Waals surface area contributed by atoms with Gasteiger partial charge in [0.2, 0.25) is 5.43 Å². The van der Waals surface area contributed by atoms with Crippen LogP contribution >= 0.6 is 0 Å². The highest BCUT2D eigenvalue weighted by molar-refractivity contribution is 6.07. The molecule has 0 saturated carbocycles. The molecule has 0 aliphatic heterocycles. The average Bonchev–Trinajstić information content (AvgIpc) is 2.79. The molecule has 0 bridgehead atoms. The Morgan fingerprint density at radius 2 is 1.70 bits per heavy atom. The van der Waals surface area contributed by atoms with Crippen molar-refractivity contribution in [3.8, 4) is 17.2 Å². The molecule has 4 rings (SSSR count). The number of methoxy groups -OCH3 is 1. The molecule has 1 N–H and O–H groups in total. The monoisotopic (exact) mass is 400 g/mol. The number of hydrogen-bond acceptors (Lipinski definition) is 4. The van der Waals surface area contributed by atoms with Crippen LogP contribution in [0.2, 0.25) is 0 Å². The largest absolute Gasteiger partial charge is 0.508 e. The first-order valence-corrected chi connectivity index (χ1v) is 9.35. The lowest BCUT2D eigenvalue weighted by atomic mass is 10.1. The zero-order valence-electron chi connectivity index (χ0n) is 16.6. The molecular weight excluding hydrogens is 380 g/mol. The van der Waals surface area contributed by atoms with E-state index in [0.717, 1.165) is 0 Å². The number of fused-ring (bicyclic) bond motifs is 1. The number of aromatic hydroxyl groups is 1. The van der Waals surface area contributed by atoms with Crippen LogP contribution in [0.25, 0.3) is 16.6 Å². The zero-order valence-corrected chi connectivity index (χ0v) is 16.6. The molecule has 0 fully saturated rings. The number of hydrogen-bond donors (Lipinski definition) is 1. The van der Waals surface area contributed by atoms with Crippen LogP contribution in [0.4, 0.5) is 5.69 Å². The molecule has 6 heteroatoms. The molecule has 0 saturated heterocycles. The first-order valence-electron chi connectivity index (χ1n) is 9.35. The Hall–Kier alpha value is -4.06. The number of para-hydroxylation sites is 1. The van der Waals surface area contributed by atoms with Crippen molar-refractivity contribution in [2.75, 3.05) is 19.1 Å². The lowest BCUT2D eigenvalue weighted by molar-refractivity contribution is 0.0991. The van der Waals surface area contributed by atoms with Crippen LogP contribution in [-0.2, 0) is 0 Å². The fraction of sp³-hybridized carbons (Fsp3) is 0.0833. The van der Waals surface area contributed by atoms with Crippen LogP contribution in [0.5, 0.6) is 11.5 Å². The Labute approximate surface area is 173 Å². The summed E-state index contributed by atoms with van der Waals surface area (Å²) < 4.78 is 7.07. The second kappa shape index (κ2) is 7.75. The van der Waals surface area contributed by atoms with Gasteiger partial charge in [0.05, 0.1) is 12.6 Å². The van der Waals surface area contributed by atoms with Crippen molar-refractivity contribution in [1.29, 1.82) is 0 Å². The molecular formula is C24H20N2O4. The van der Waals surface area contributed by atoms with Crippen LogP contribution in [0, 0.1) is 0 Å². The zero-order chi connectivity index (χ0) is 21.3. The van der Waals surface area contributed by atoms with Crippen LogP contribution in [0.1, 0.15) is 10.4 Å². The number of anilines is 1. The number of phenols is 1. The number of phenolic OH excluding ortho intramolecular Hbond substituents is 1. The Bertz CT molecular complexity index is 1280. The van der Waals surface area contributed by atoms with Crippen molar-refractivity contribution in [2.24, 2.45) is 0 Å². The minimum absolute atomic E-state index is 0.0482. The topological polar surface area (TPSA) is 71.8 Å². The maximum atomic E-state index is 13.2. The summed E-state index contributed by atoms with van der Waals surface area (Å²) in [4.78, 5) is 27.9. The third-order valence-corrected chi connectivity index (χ3v) is 5.02. The van der Waals surface area contributed by atoms with Crippen molar-refractivity contribution < 1.29 is 14.6 Å². The van der Waals surface area contributed by atoms with E-state index in [2.05, 4.69) is 0 Å². The summed E-state index contributed by atoms with van der Waals surface area (Å²) in [7, 11) is 3.19. The van der Waals surface area contributed by atoms with Crippen molar-refractivity contribution in [2.45, 2.75) is 0 Å². The van der Waals surface area contributed by atoms with Crippen molar-refractivity contribution in [1.82, 2.24) is 4.57 Å². The highest BCUT2D eigenvalue weighted by Crippen LogP contribution is 2.24. The van der Waals surface area contributed by atoms with Gasteiger partial charge in [0.25, 0.3) is 5.91 Å². The first-order chi connectivity index (χ1) is 14.5. The van der Waals surface area contributed by atoms with Gasteiger partial charge in [-0.1, -0.05) is 18.2 Å². The summed E-state index contributed by atoms with van der Waals surface area (Å²) in [6.45, 7) is 0. The van der Waals surface area contributed by atoms with Gasteiger partial charge < -0.3 is 19.3 Å². The van der Waals surface area contributed by atoms with Gasteiger partial charge in [-0.25, -0.2) is 0 Å². The summed E-state index contributed by atoms with van der Waals surface area (Å²) in [6, 6.07) is 20.8. The first kappa shape index (κ1) is 19.3. The van der Waals surface area contributed by atoms with E-state index in [4.69, 9.17) is 4.74 Å². The van der Waals surface area contributed by atoms with Gasteiger partial charge >= 0.3 is 0 Å². The molecule has 6 nitrogen and oxygen atoms in total. The second-order valence-electron chi connectivity index (χ2n) is 6.84. The number of carbonyl (C=O) groups is 1. The lowest BCUT2D eigenvalue weighted by Crippen LogP contribution is -2.31. The van der Waals surface area contributed by atoms with E-state index in [0.29, 0.717) is 28.0 Å². The fourth-order valence-corrected chi connectivity index (χ4v) is 3.36. The molecule has 0 spiro atoms. The number of rotatable bonds is 4. The standard InChI is InChI=1S/C24H20N2O4/c1-25(16-6-4-3-5-7-16)24(29)21-15-26(17-8-10-18(27)11-9-17)22-14-19(30-2)12-13-20(22)23(21)28/h3-15,27H,1-2H3. The average molecular weight is 400 g/mol. The quantitative estimate of drug-likeness (QED) is 0.562. The summed E-state index contributed by atoms with van der Waals surface area (Å²) >= 11 is 0. The summed E-state index contributed by atoms with van der Waals surface area (Å²) in [5.41, 5.74) is 1.68. The number of benzene rings is 3. The SMILES string of the molecule is COc1ccc2c(=O)c(C(=O)N(C)c3ccccc3)cn(-c3ccc(O)cc3)c2c1. The summed E-state index contributed by atoms with van der Waals surface area (Å²) in [5.74, 6) is 0.313. The molecule has 0 aliphatic carbocycles. The number of nitrogens with zero attached hydrogens (tertiary/aromatic N) is 2. The van der Waals surface area contributed by atoms with E-state index in [1.807, 2.05) is 30.3 Å². The molecule has 3 aromatic carbocycles. The summed E-state index contributed by atoms with van der Waals surface area (Å²) in [5, 5.41) is 10.0. The lowest BCUT2D eigenvalue weighted by Gasteiger charge is -2.19. The van der Waals surface area contributed by atoms with Crippen LogP contribution in [-0.4, -0.2) is 29.7 Å². The molecule has 4 aromatic rings. The molecule has 0 atom stereocenters. The second-order valence-corrected chi connectivity index (χ2v) is 6.84. The van der Waals surface area contributed by atoms with Gasteiger partial charge in [0.15, 0.2) is 0 Å². The van der Waals surface area contributed by atoms with Gasteiger partial charge in [0.1, 0.15) is 17.1 Å². The number of aromatic nitrogens is 1. The van der Waals surface area contributed by atoms with Gasteiger partial charge in [-0.15, -0.1) is 0 Å². The third-order valence-electron chi connectivity index (χ3n) is 5.02. The van der Waals surface area contributed by atoms with Gasteiger partial charge in [0, 0.05) is 36.1 Å². The summed E-state index contributed by atoms with van der Waals surface area (Å²) in [6.07, 6.45) is 1.54. The van der Waals surface area contributed by atoms with Crippen molar-refractivity contribution >= 4 is 22.5 Å². The van der Waals surface area contributed by atoms with Crippen LogP contribution < -0.4 is 15.1 Å². The molecule has 1 aromatic heterocycles. The van der Waals surface area contributed by atoms with Crippen molar-refractivity contribution in [3.05, 3.63) is 94.8 Å². The minimum Gasteiger partial charge on any atom is -0.508 e. The molecule has 0 aliphatic rings. The third kappa shape index (κ3) is 3.39. The van der Waals surface area contributed by atoms with Crippen LogP contribution in [0.15, 0.2) is 83.8 Å². The smallest absolute Gasteiger partial charge is 0.263 e. The predicted molar refractivity (Wildman–Crippen MR) is 117 cm³/mol. The fourth-order valence-electron chi connectivity index (χ4n) is 3.36.